The van der Waals surface area contributed by atoms with Crippen LogP contribution in [0.3, 0.4) is 0 Å². The number of piperazine rings is 1. The first kappa shape index (κ1) is 16.9. The highest BCUT2D eigenvalue weighted by Gasteiger charge is 2.32. The molecule has 1 aliphatic heterocycles. The maximum absolute atomic E-state index is 12.4. The summed E-state index contributed by atoms with van der Waals surface area (Å²) in [6.45, 7) is 15.4. The zero-order chi connectivity index (χ0) is 16.5. The van der Waals surface area contributed by atoms with E-state index in [0.29, 0.717) is 24.2 Å². The van der Waals surface area contributed by atoms with Crippen LogP contribution in [0.25, 0.3) is 0 Å². The van der Waals surface area contributed by atoms with Gasteiger partial charge in [0.25, 0.3) is 0 Å². The van der Waals surface area contributed by atoms with Gasteiger partial charge in [0, 0.05) is 25.0 Å². The molecule has 2 heterocycles. The summed E-state index contributed by atoms with van der Waals surface area (Å²) in [5.41, 5.74) is -0.150. The number of aromatic nitrogens is 2. The molecule has 1 fully saturated rings. The van der Waals surface area contributed by atoms with E-state index in [1.54, 1.807) is 0 Å². The average molecular weight is 308 g/mol. The maximum Gasteiger partial charge on any atom is 0.239 e. The van der Waals surface area contributed by atoms with E-state index in [2.05, 4.69) is 28.9 Å². The van der Waals surface area contributed by atoms with Crippen LogP contribution >= 0.6 is 0 Å². The Balaban J connectivity index is 2.00. The minimum atomic E-state index is -0.150. The second kappa shape index (κ2) is 6.36. The molecule has 6 nitrogen and oxygen atoms in total. The van der Waals surface area contributed by atoms with Crippen molar-refractivity contribution in [2.45, 2.75) is 59.5 Å². The summed E-state index contributed by atoms with van der Waals surface area (Å²) >= 11 is 0. The number of carbonyl (C=O) groups is 1. The van der Waals surface area contributed by atoms with E-state index in [0.717, 1.165) is 19.6 Å². The molecule has 1 aromatic heterocycles. The van der Waals surface area contributed by atoms with E-state index in [4.69, 9.17) is 4.52 Å². The van der Waals surface area contributed by atoms with E-state index in [1.165, 1.54) is 0 Å². The normalized spacial score (nSPS) is 21.0. The highest BCUT2D eigenvalue weighted by molar-refractivity contribution is 5.82. The van der Waals surface area contributed by atoms with Crippen LogP contribution in [0.2, 0.25) is 0 Å². The third-order valence-electron chi connectivity index (χ3n) is 3.91. The second-order valence-corrected chi connectivity index (χ2v) is 7.59. The minimum absolute atomic E-state index is 0.135. The third kappa shape index (κ3) is 3.85. The van der Waals surface area contributed by atoms with E-state index in [1.807, 2.05) is 32.6 Å². The topological polar surface area (TPSA) is 62.5 Å². The van der Waals surface area contributed by atoms with Crippen LogP contribution in [0.5, 0.6) is 0 Å². The van der Waals surface area contributed by atoms with Gasteiger partial charge in [0.05, 0.1) is 12.6 Å². The largest absolute Gasteiger partial charge is 0.340 e. The van der Waals surface area contributed by atoms with Crippen molar-refractivity contribution in [2.24, 2.45) is 5.92 Å². The molecule has 22 heavy (non-hydrogen) atoms. The average Bonchev–Trinajstić information content (AvgIpc) is 2.86. The predicted molar refractivity (Wildman–Crippen MR) is 84.3 cm³/mol. The van der Waals surface area contributed by atoms with Crippen molar-refractivity contribution in [2.75, 3.05) is 19.6 Å². The Morgan fingerprint density at radius 2 is 2.00 bits per heavy atom. The number of amides is 1. The SMILES string of the molecule is CC(C)CN1CCN(Cc2noc(C(C)(C)C)n2)[C@H](C)C1=O. The molecule has 2 rings (SSSR count). The van der Waals surface area contributed by atoms with Gasteiger partial charge in [-0.25, -0.2) is 0 Å². The second-order valence-electron chi connectivity index (χ2n) is 7.59. The quantitative estimate of drug-likeness (QED) is 0.852. The van der Waals surface area contributed by atoms with Crippen molar-refractivity contribution >= 4 is 5.91 Å². The summed E-state index contributed by atoms with van der Waals surface area (Å²) in [4.78, 5) is 21.0. The molecule has 1 aliphatic rings. The summed E-state index contributed by atoms with van der Waals surface area (Å²) in [5.74, 6) is 1.98. The molecular weight excluding hydrogens is 280 g/mol. The highest BCUT2D eigenvalue weighted by Crippen LogP contribution is 2.21. The summed E-state index contributed by atoms with van der Waals surface area (Å²) in [6.07, 6.45) is 0. The summed E-state index contributed by atoms with van der Waals surface area (Å²) in [7, 11) is 0. The Hall–Kier alpha value is -1.43. The van der Waals surface area contributed by atoms with Gasteiger partial charge < -0.3 is 9.42 Å². The van der Waals surface area contributed by atoms with Crippen LogP contribution in [0.1, 0.15) is 53.3 Å². The molecule has 1 atom stereocenters. The fourth-order valence-electron chi connectivity index (χ4n) is 2.62. The Morgan fingerprint density at radius 3 is 2.55 bits per heavy atom. The van der Waals surface area contributed by atoms with Gasteiger partial charge in [-0.3, -0.25) is 9.69 Å². The standard InChI is InChI=1S/C16H28N4O2/c1-11(2)9-20-8-7-19(12(3)14(20)21)10-13-17-15(22-18-13)16(4,5)6/h11-12H,7-10H2,1-6H3/t12-/m1/s1. The van der Waals surface area contributed by atoms with Gasteiger partial charge in [0.2, 0.25) is 11.8 Å². The molecule has 1 amide bonds. The van der Waals surface area contributed by atoms with Crippen LogP contribution in [-0.4, -0.2) is 51.5 Å². The first-order chi connectivity index (χ1) is 10.2. The maximum atomic E-state index is 12.4. The fraction of sp³-hybridized carbons (Fsp3) is 0.812. The van der Waals surface area contributed by atoms with Crippen LogP contribution < -0.4 is 0 Å². The van der Waals surface area contributed by atoms with Gasteiger partial charge in [0.15, 0.2) is 5.82 Å². The monoisotopic (exact) mass is 308 g/mol. The molecule has 0 unspecified atom stereocenters. The Kier molecular flexibility index (Phi) is 4.90. The molecule has 0 radical (unpaired) electrons. The van der Waals surface area contributed by atoms with Gasteiger partial charge in [-0.1, -0.05) is 39.8 Å². The van der Waals surface area contributed by atoms with Gasteiger partial charge in [-0.2, -0.15) is 4.98 Å². The summed E-state index contributed by atoms with van der Waals surface area (Å²) in [6, 6.07) is -0.135. The molecule has 0 aliphatic carbocycles. The zero-order valence-electron chi connectivity index (χ0n) is 14.6. The molecule has 124 valence electrons. The lowest BCUT2D eigenvalue weighted by atomic mass is 9.97. The third-order valence-corrected chi connectivity index (χ3v) is 3.91. The van der Waals surface area contributed by atoms with E-state index >= 15 is 0 Å². The van der Waals surface area contributed by atoms with Crippen LogP contribution in [-0.2, 0) is 16.8 Å². The molecule has 1 aromatic rings. The molecule has 0 N–H and O–H groups in total. The van der Waals surface area contributed by atoms with E-state index in [9.17, 15) is 4.79 Å². The number of hydrogen-bond donors (Lipinski definition) is 0. The van der Waals surface area contributed by atoms with Gasteiger partial charge in [-0.05, 0) is 12.8 Å². The van der Waals surface area contributed by atoms with Crippen molar-refractivity contribution in [3.05, 3.63) is 11.7 Å². The van der Waals surface area contributed by atoms with Crippen molar-refractivity contribution < 1.29 is 9.32 Å². The van der Waals surface area contributed by atoms with Gasteiger partial charge in [0.1, 0.15) is 0 Å². The fourth-order valence-corrected chi connectivity index (χ4v) is 2.62. The lowest BCUT2D eigenvalue weighted by molar-refractivity contribution is -0.142. The molecule has 1 saturated heterocycles. The molecule has 6 heteroatoms. The van der Waals surface area contributed by atoms with Crippen LogP contribution in [0.4, 0.5) is 0 Å². The zero-order valence-corrected chi connectivity index (χ0v) is 14.6. The molecule has 0 bridgehead atoms. The molecular formula is C16H28N4O2. The Labute approximate surface area is 132 Å². The minimum Gasteiger partial charge on any atom is -0.340 e. The molecule has 0 spiro atoms. The van der Waals surface area contributed by atoms with Crippen LogP contribution in [0, 0.1) is 5.92 Å². The smallest absolute Gasteiger partial charge is 0.239 e. The lowest BCUT2D eigenvalue weighted by Gasteiger charge is -2.39. The first-order valence-electron chi connectivity index (χ1n) is 8.04. The molecule has 0 saturated carbocycles. The summed E-state index contributed by atoms with van der Waals surface area (Å²) in [5, 5.41) is 4.05. The number of hydrogen-bond acceptors (Lipinski definition) is 5. The van der Waals surface area contributed by atoms with Crippen molar-refractivity contribution in [1.29, 1.82) is 0 Å². The van der Waals surface area contributed by atoms with Crippen molar-refractivity contribution in [3.8, 4) is 0 Å². The highest BCUT2D eigenvalue weighted by atomic mass is 16.5. The lowest BCUT2D eigenvalue weighted by Crippen LogP contribution is -2.56. The van der Waals surface area contributed by atoms with Crippen molar-refractivity contribution in [3.63, 3.8) is 0 Å². The van der Waals surface area contributed by atoms with Gasteiger partial charge in [-0.15, -0.1) is 0 Å². The van der Waals surface area contributed by atoms with E-state index in [-0.39, 0.29) is 17.4 Å². The number of nitrogens with zero attached hydrogens (tertiary/aromatic N) is 4. The predicted octanol–water partition coefficient (Wildman–Crippen LogP) is 2.06. The van der Waals surface area contributed by atoms with Crippen molar-refractivity contribution in [1.82, 2.24) is 19.9 Å². The number of carbonyl (C=O) groups excluding carboxylic acids is 1. The van der Waals surface area contributed by atoms with Gasteiger partial charge >= 0.3 is 0 Å². The van der Waals surface area contributed by atoms with Crippen LogP contribution in [0.15, 0.2) is 4.52 Å². The first-order valence-corrected chi connectivity index (χ1v) is 8.04. The number of rotatable bonds is 4. The molecule has 0 aromatic carbocycles. The summed E-state index contributed by atoms with van der Waals surface area (Å²) < 4.78 is 5.32. The Morgan fingerprint density at radius 1 is 1.32 bits per heavy atom. The van der Waals surface area contributed by atoms with E-state index < -0.39 is 0 Å². The Bertz CT molecular complexity index is 518.